The van der Waals surface area contributed by atoms with E-state index in [0.29, 0.717) is 17.0 Å². The molecule has 114 valence electrons. The summed E-state index contributed by atoms with van der Waals surface area (Å²) >= 11 is 0. The van der Waals surface area contributed by atoms with Crippen molar-refractivity contribution in [3.63, 3.8) is 0 Å². The monoisotopic (exact) mass is 309 g/mol. The van der Waals surface area contributed by atoms with E-state index in [-0.39, 0.29) is 11.5 Å². The summed E-state index contributed by atoms with van der Waals surface area (Å²) in [6.45, 7) is 5.10. The molecule has 0 aliphatic rings. The van der Waals surface area contributed by atoms with E-state index < -0.39 is 16.1 Å². The Bertz CT molecular complexity index is 724. The summed E-state index contributed by atoms with van der Waals surface area (Å²) in [5, 5.41) is 9.30. The molecule has 1 atom stereocenters. The van der Waals surface area contributed by atoms with Gasteiger partial charge in [0.05, 0.1) is 17.5 Å². The number of imidazole rings is 1. The molecule has 2 aromatic rings. The molecule has 3 N–H and O–H groups in total. The van der Waals surface area contributed by atoms with Gasteiger partial charge in [-0.25, -0.2) is 18.1 Å². The van der Waals surface area contributed by atoms with E-state index in [1.54, 1.807) is 32.3 Å². The molecular weight excluding hydrogens is 290 g/mol. The molecule has 0 aliphatic carbocycles. The Balaban J connectivity index is 2.36. The number of aliphatic hydroxyl groups excluding tert-OH is 1. The van der Waals surface area contributed by atoms with Crippen LogP contribution in [0.2, 0.25) is 0 Å². The first-order valence-corrected chi connectivity index (χ1v) is 8.06. The highest BCUT2D eigenvalue weighted by Crippen LogP contribution is 2.22. The molecule has 1 unspecified atom stereocenters. The average Bonchev–Trinajstić information content (AvgIpc) is 2.91. The summed E-state index contributed by atoms with van der Waals surface area (Å²) < 4.78 is 27.6. The zero-order valence-corrected chi connectivity index (χ0v) is 13.0. The van der Waals surface area contributed by atoms with Gasteiger partial charge in [0.1, 0.15) is 5.82 Å². The second-order valence-corrected chi connectivity index (χ2v) is 6.70. The molecule has 0 radical (unpaired) electrons. The maximum atomic E-state index is 12.5. The zero-order valence-electron chi connectivity index (χ0n) is 12.2. The van der Waals surface area contributed by atoms with Crippen LogP contribution >= 0.6 is 0 Å². The second-order valence-electron chi connectivity index (χ2n) is 5.02. The molecule has 1 heterocycles. The van der Waals surface area contributed by atoms with Crippen LogP contribution in [0.5, 0.6) is 0 Å². The van der Waals surface area contributed by atoms with Crippen LogP contribution in [0.15, 0.2) is 29.4 Å². The normalized spacial score (nSPS) is 13.3. The third kappa shape index (κ3) is 3.31. The van der Waals surface area contributed by atoms with E-state index in [4.69, 9.17) is 0 Å². The van der Waals surface area contributed by atoms with E-state index >= 15 is 0 Å². The smallest absolute Gasteiger partial charge is 0.241 e. The molecule has 0 spiro atoms. The lowest BCUT2D eigenvalue weighted by atomic mass is 10.1. The fourth-order valence-corrected chi connectivity index (χ4v) is 3.68. The van der Waals surface area contributed by atoms with Crippen LogP contribution in [-0.2, 0) is 16.6 Å². The Labute approximate surface area is 124 Å². The number of aromatic amines is 1. The van der Waals surface area contributed by atoms with E-state index in [2.05, 4.69) is 14.7 Å². The molecule has 21 heavy (non-hydrogen) atoms. The summed E-state index contributed by atoms with van der Waals surface area (Å²) in [6.07, 6.45) is 3.21. The van der Waals surface area contributed by atoms with Crippen LogP contribution in [-0.4, -0.2) is 23.5 Å². The van der Waals surface area contributed by atoms with Crippen LogP contribution < -0.4 is 4.72 Å². The quantitative estimate of drug-likeness (QED) is 0.781. The van der Waals surface area contributed by atoms with Gasteiger partial charge in [-0.15, -0.1) is 0 Å². The first-order chi connectivity index (χ1) is 9.85. The maximum Gasteiger partial charge on any atom is 0.241 e. The molecule has 1 aromatic carbocycles. The van der Waals surface area contributed by atoms with Gasteiger partial charge in [-0.05, 0) is 43.5 Å². The number of aromatic nitrogens is 2. The Hall–Kier alpha value is -1.70. The second kappa shape index (κ2) is 5.97. The van der Waals surface area contributed by atoms with Gasteiger partial charge in [0.2, 0.25) is 10.0 Å². The number of aliphatic hydroxyl groups is 1. The van der Waals surface area contributed by atoms with E-state index in [9.17, 15) is 13.5 Å². The Kier molecular flexibility index (Phi) is 4.46. The van der Waals surface area contributed by atoms with Crippen molar-refractivity contribution in [1.82, 2.24) is 14.7 Å². The minimum Gasteiger partial charge on any atom is -0.392 e. The summed E-state index contributed by atoms with van der Waals surface area (Å²) in [6, 6.07) is 2.81. The molecule has 0 aliphatic heterocycles. The largest absolute Gasteiger partial charge is 0.392 e. The molecule has 0 saturated heterocycles. The number of sulfonamides is 1. The van der Waals surface area contributed by atoms with Crippen molar-refractivity contribution in [2.45, 2.75) is 38.3 Å². The van der Waals surface area contributed by atoms with Gasteiger partial charge in [0.15, 0.2) is 0 Å². The van der Waals surface area contributed by atoms with Gasteiger partial charge < -0.3 is 10.1 Å². The lowest BCUT2D eigenvalue weighted by Crippen LogP contribution is -2.28. The first-order valence-electron chi connectivity index (χ1n) is 6.57. The number of nitrogens with zero attached hydrogens (tertiary/aromatic N) is 1. The van der Waals surface area contributed by atoms with Crippen molar-refractivity contribution < 1.29 is 13.5 Å². The highest BCUT2D eigenvalue weighted by molar-refractivity contribution is 7.89. The zero-order chi connectivity index (χ0) is 15.6. The van der Waals surface area contributed by atoms with Gasteiger partial charge in [0.25, 0.3) is 0 Å². The fraction of sp³-hybridized carbons (Fsp3) is 0.357. The molecule has 0 saturated carbocycles. The predicted octanol–water partition coefficient (Wildman–Crippen LogP) is 1.56. The minimum absolute atomic E-state index is 0.176. The Morgan fingerprint density at radius 3 is 2.62 bits per heavy atom. The van der Waals surface area contributed by atoms with Crippen molar-refractivity contribution in [2.24, 2.45) is 0 Å². The Morgan fingerprint density at radius 1 is 1.33 bits per heavy atom. The van der Waals surface area contributed by atoms with Crippen molar-refractivity contribution in [2.75, 3.05) is 0 Å². The van der Waals surface area contributed by atoms with Crippen molar-refractivity contribution in [3.8, 4) is 0 Å². The predicted molar refractivity (Wildman–Crippen MR) is 79.2 cm³/mol. The number of hydrogen-bond donors (Lipinski definition) is 3. The number of nitrogens with one attached hydrogen (secondary N) is 2. The van der Waals surface area contributed by atoms with Gasteiger partial charge in [-0.1, -0.05) is 6.07 Å². The van der Waals surface area contributed by atoms with E-state index in [1.165, 1.54) is 6.07 Å². The fourth-order valence-electron chi connectivity index (χ4n) is 2.20. The lowest BCUT2D eigenvalue weighted by Gasteiger charge is -2.15. The lowest BCUT2D eigenvalue weighted by molar-refractivity contribution is 0.280. The minimum atomic E-state index is -3.69. The molecule has 1 aromatic heterocycles. The topological polar surface area (TPSA) is 95.1 Å². The van der Waals surface area contributed by atoms with E-state index in [0.717, 1.165) is 5.56 Å². The summed E-state index contributed by atoms with van der Waals surface area (Å²) in [5.41, 5.74) is 2.11. The number of H-pyrrole nitrogens is 1. The summed E-state index contributed by atoms with van der Waals surface area (Å²) in [5.74, 6) is 0.547. The maximum absolute atomic E-state index is 12.5. The highest BCUT2D eigenvalue weighted by atomic mass is 32.2. The van der Waals surface area contributed by atoms with Crippen LogP contribution in [0.3, 0.4) is 0 Å². The first kappa shape index (κ1) is 15.7. The summed E-state index contributed by atoms with van der Waals surface area (Å²) in [7, 11) is -3.69. The number of benzene rings is 1. The van der Waals surface area contributed by atoms with Crippen LogP contribution in [0.1, 0.15) is 35.5 Å². The number of hydrogen-bond acceptors (Lipinski definition) is 4. The number of rotatable bonds is 5. The molecule has 6 nitrogen and oxygen atoms in total. The molecule has 0 bridgehead atoms. The van der Waals surface area contributed by atoms with Gasteiger partial charge >= 0.3 is 0 Å². The van der Waals surface area contributed by atoms with Gasteiger partial charge in [-0.3, -0.25) is 0 Å². The third-order valence-corrected chi connectivity index (χ3v) is 5.04. The average molecular weight is 309 g/mol. The van der Waals surface area contributed by atoms with Crippen molar-refractivity contribution >= 4 is 10.0 Å². The molecule has 7 heteroatoms. The number of aryl methyl sites for hydroxylation is 2. The highest BCUT2D eigenvalue weighted by Gasteiger charge is 2.22. The Morgan fingerprint density at radius 2 is 2.05 bits per heavy atom. The molecule has 0 fully saturated rings. The standard InChI is InChI=1S/C14H19N3O3S/c1-9-6-10(2)13(7-12(9)8-18)21(19,20)17-11(3)14-15-4-5-16-14/h4-7,11,17-18H,8H2,1-3H3,(H,15,16). The molecule has 0 amide bonds. The van der Waals surface area contributed by atoms with Crippen LogP contribution in [0, 0.1) is 13.8 Å². The van der Waals surface area contributed by atoms with Crippen LogP contribution in [0.4, 0.5) is 0 Å². The van der Waals surface area contributed by atoms with E-state index in [1.807, 2.05) is 6.92 Å². The van der Waals surface area contributed by atoms with Gasteiger partial charge in [-0.2, -0.15) is 0 Å². The summed E-state index contributed by atoms with van der Waals surface area (Å²) in [4.78, 5) is 7.10. The molecular formula is C14H19N3O3S. The SMILES string of the molecule is Cc1cc(C)c(S(=O)(=O)NC(C)c2ncc[nH]2)cc1CO. The van der Waals surface area contributed by atoms with Crippen LogP contribution in [0.25, 0.3) is 0 Å². The van der Waals surface area contributed by atoms with Crippen molar-refractivity contribution in [1.29, 1.82) is 0 Å². The van der Waals surface area contributed by atoms with Crippen molar-refractivity contribution in [3.05, 3.63) is 47.0 Å². The third-order valence-electron chi connectivity index (χ3n) is 3.35. The van der Waals surface area contributed by atoms with Gasteiger partial charge in [0, 0.05) is 12.4 Å². The molecule has 2 rings (SSSR count).